The van der Waals surface area contributed by atoms with Gasteiger partial charge >= 0.3 is 11.9 Å². The van der Waals surface area contributed by atoms with Crippen molar-refractivity contribution in [2.75, 3.05) is 0 Å². The van der Waals surface area contributed by atoms with E-state index in [1.165, 1.54) is 6.92 Å². The van der Waals surface area contributed by atoms with Gasteiger partial charge in [-0.3, -0.25) is 9.69 Å². The summed E-state index contributed by atoms with van der Waals surface area (Å²) in [6.07, 6.45) is 1.58. The number of thioether (sulfide) groups is 1. The van der Waals surface area contributed by atoms with Crippen LogP contribution >= 0.6 is 24.0 Å². The van der Waals surface area contributed by atoms with Crippen LogP contribution in [0.25, 0.3) is 6.08 Å². The number of thiocarbonyl (C=S) groups is 1. The van der Waals surface area contributed by atoms with Crippen molar-refractivity contribution in [3.05, 3.63) is 34.7 Å². The fraction of sp³-hybridized carbons (Fsp3) is 0.333. The molecule has 2 N–H and O–H groups in total. The minimum atomic E-state index is -1.08. The summed E-state index contributed by atoms with van der Waals surface area (Å²) in [5.41, 5.74) is 0.688. The van der Waals surface area contributed by atoms with Gasteiger partial charge < -0.3 is 14.9 Å². The molecule has 1 aromatic rings. The molecular weight excluding hydrogens is 390 g/mol. The number of rotatable bonds is 8. The number of nitrogens with zero attached hydrogens (tertiary/aromatic N) is 1. The van der Waals surface area contributed by atoms with Crippen molar-refractivity contribution >= 4 is 52.2 Å². The minimum absolute atomic E-state index is 0.224. The van der Waals surface area contributed by atoms with Crippen molar-refractivity contribution in [2.45, 2.75) is 38.8 Å². The van der Waals surface area contributed by atoms with Crippen LogP contribution in [-0.4, -0.2) is 49.4 Å². The number of hydrogen-bond acceptors (Lipinski definition) is 6. The molecule has 2 rings (SSSR count). The van der Waals surface area contributed by atoms with Gasteiger partial charge in [-0.2, -0.15) is 0 Å². The third kappa shape index (κ3) is 5.08. The van der Waals surface area contributed by atoms with Crippen LogP contribution in [0.15, 0.2) is 29.2 Å². The van der Waals surface area contributed by atoms with Gasteiger partial charge in [0.1, 0.15) is 16.1 Å². The van der Waals surface area contributed by atoms with Crippen LogP contribution < -0.4 is 4.74 Å². The summed E-state index contributed by atoms with van der Waals surface area (Å²) >= 11 is 6.27. The molecule has 1 heterocycles. The molecule has 0 aromatic heterocycles. The Morgan fingerprint density at radius 3 is 2.41 bits per heavy atom. The van der Waals surface area contributed by atoms with Crippen LogP contribution in [0.3, 0.4) is 0 Å². The van der Waals surface area contributed by atoms with E-state index in [0.29, 0.717) is 29.1 Å². The Hall–Kier alpha value is -2.39. The lowest BCUT2D eigenvalue weighted by atomic mass is 10.1. The van der Waals surface area contributed by atoms with Gasteiger partial charge in [-0.05, 0) is 37.1 Å². The zero-order valence-corrected chi connectivity index (χ0v) is 16.4. The quantitative estimate of drug-likeness (QED) is 0.499. The van der Waals surface area contributed by atoms with Gasteiger partial charge in [0.15, 0.2) is 6.10 Å². The summed E-state index contributed by atoms with van der Waals surface area (Å²) in [6, 6.07) is 5.59. The number of amides is 1. The normalized spacial score (nSPS) is 17.9. The van der Waals surface area contributed by atoms with Gasteiger partial charge in [-0.15, -0.1) is 0 Å². The molecule has 27 heavy (non-hydrogen) atoms. The SMILES string of the molecule is CCCC(C(=O)O)N1C(=O)/C(=C/c2ccc(OC(C)C(=O)O)cc2)SC1=S. The van der Waals surface area contributed by atoms with Gasteiger partial charge in [0.25, 0.3) is 5.91 Å². The molecule has 0 aliphatic carbocycles. The second-order valence-corrected chi connectivity index (χ2v) is 7.54. The molecule has 1 aliphatic rings. The molecule has 0 bridgehead atoms. The molecule has 1 aromatic carbocycles. The highest BCUT2D eigenvalue weighted by Gasteiger charge is 2.39. The molecule has 144 valence electrons. The number of ether oxygens (including phenoxy) is 1. The Bertz CT molecular complexity index is 790. The number of carbonyl (C=O) groups excluding carboxylic acids is 1. The van der Waals surface area contributed by atoms with Gasteiger partial charge in [-0.1, -0.05) is 49.5 Å². The molecule has 9 heteroatoms. The molecule has 1 aliphatic heterocycles. The predicted octanol–water partition coefficient (Wildman–Crippen LogP) is 2.99. The third-order valence-corrected chi connectivity index (χ3v) is 5.15. The van der Waals surface area contributed by atoms with Crippen LogP contribution in [-0.2, 0) is 14.4 Å². The van der Waals surface area contributed by atoms with E-state index in [9.17, 15) is 19.5 Å². The van der Waals surface area contributed by atoms with Crippen LogP contribution in [0.2, 0.25) is 0 Å². The summed E-state index contributed by atoms with van der Waals surface area (Å²) in [5.74, 6) is -2.18. The van der Waals surface area contributed by atoms with Crippen molar-refractivity contribution in [3.8, 4) is 5.75 Å². The van der Waals surface area contributed by atoms with E-state index in [0.717, 1.165) is 16.7 Å². The third-order valence-electron chi connectivity index (χ3n) is 3.82. The van der Waals surface area contributed by atoms with E-state index < -0.39 is 30.0 Å². The Balaban J connectivity index is 2.17. The van der Waals surface area contributed by atoms with Crippen LogP contribution in [0.5, 0.6) is 5.75 Å². The number of carboxylic acid groups (broad SMARTS) is 2. The van der Waals surface area contributed by atoms with Crippen LogP contribution in [0, 0.1) is 0 Å². The van der Waals surface area contributed by atoms with Gasteiger partial charge in [-0.25, -0.2) is 9.59 Å². The fourth-order valence-corrected chi connectivity index (χ4v) is 3.79. The molecule has 0 saturated carbocycles. The predicted molar refractivity (Wildman–Crippen MR) is 106 cm³/mol. The second-order valence-electron chi connectivity index (χ2n) is 5.86. The van der Waals surface area contributed by atoms with Gasteiger partial charge in [0.2, 0.25) is 0 Å². The monoisotopic (exact) mass is 409 g/mol. The second kappa shape index (κ2) is 9.01. The molecule has 1 amide bonds. The molecular formula is C18H19NO6S2. The molecule has 2 atom stereocenters. The maximum atomic E-state index is 12.6. The maximum Gasteiger partial charge on any atom is 0.344 e. The van der Waals surface area contributed by atoms with Crippen molar-refractivity contribution in [1.82, 2.24) is 4.90 Å². The molecule has 1 saturated heterocycles. The Morgan fingerprint density at radius 2 is 1.89 bits per heavy atom. The van der Waals surface area contributed by atoms with Crippen LogP contribution in [0.4, 0.5) is 0 Å². The summed E-state index contributed by atoms with van der Waals surface area (Å²) in [4.78, 5) is 36.4. The number of benzene rings is 1. The Kier molecular flexibility index (Phi) is 6.98. The Morgan fingerprint density at radius 1 is 1.26 bits per heavy atom. The lowest BCUT2D eigenvalue weighted by Crippen LogP contribution is -2.43. The largest absolute Gasteiger partial charge is 0.480 e. The average Bonchev–Trinajstić information content (AvgIpc) is 2.88. The minimum Gasteiger partial charge on any atom is -0.480 e. The molecule has 1 fully saturated rings. The maximum absolute atomic E-state index is 12.6. The highest BCUT2D eigenvalue weighted by Crippen LogP contribution is 2.35. The first-order valence-corrected chi connectivity index (χ1v) is 9.46. The van der Waals surface area contributed by atoms with Gasteiger partial charge in [0.05, 0.1) is 4.91 Å². The van der Waals surface area contributed by atoms with E-state index in [1.54, 1.807) is 30.3 Å². The summed E-state index contributed by atoms with van der Waals surface area (Å²) in [5, 5.41) is 18.2. The standard InChI is InChI=1S/C18H19NO6S2/c1-3-4-13(17(23)24)19-15(20)14(27-18(19)26)9-11-5-7-12(8-6-11)25-10(2)16(21)22/h5-10,13H,3-4H2,1-2H3,(H,21,22)(H,23,24)/b14-9-. The highest BCUT2D eigenvalue weighted by atomic mass is 32.2. The van der Waals surface area contributed by atoms with Crippen molar-refractivity contribution < 1.29 is 29.3 Å². The molecule has 0 radical (unpaired) electrons. The number of carbonyl (C=O) groups is 3. The van der Waals surface area contributed by atoms with E-state index >= 15 is 0 Å². The number of aliphatic carboxylic acids is 2. The topological polar surface area (TPSA) is 104 Å². The van der Waals surface area contributed by atoms with Crippen molar-refractivity contribution in [3.63, 3.8) is 0 Å². The first kappa shape index (κ1) is 20.9. The average molecular weight is 409 g/mol. The van der Waals surface area contributed by atoms with Crippen LogP contribution in [0.1, 0.15) is 32.3 Å². The Labute approximate surface area is 166 Å². The van der Waals surface area contributed by atoms with Crippen molar-refractivity contribution in [1.29, 1.82) is 0 Å². The van der Waals surface area contributed by atoms with E-state index in [2.05, 4.69) is 0 Å². The smallest absolute Gasteiger partial charge is 0.344 e. The molecule has 2 unspecified atom stereocenters. The number of carboxylic acids is 2. The lowest BCUT2D eigenvalue weighted by molar-refractivity contribution is -0.145. The summed E-state index contributed by atoms with van der Waals surface area (Å²) in [6.45, 7) is 3.27. The highest BCUT2D eigenvalue weighted by molar-refractivity contribution is 8.26. The van der Waals surface area contributed by atoms with E-state index in [4.69, 9.17) is 22.1 Å². The number of hydrogen-bond donors (Lipinski definition) is 2. The summed E-state index contributed by atoms with van der Waals surface area (Å²) < 4.78 is 5.48. The van der Waals surface area contributed by atoms with E-state index in [-0.39, 0.29) is 4.32 Å². The van der Waals surface area contributed by atoms with Crippen molar-refractivity contribution in [2.24, 2.45) is 0 Å². The zero-order valence-electron chi connectivity index (χ0n) is 14.7. The van der Waals surface area contributed by atoms with Gasteiger partial charge in [0, 0.05) is 0 Å². The fourth-order valence-electron chi connectivity index (χ4n) is 2.43. The molecule has 0 spiro atoms. The van der Waals surface area contributed by atoms with E-state index in [1.807, 2.05) is 6.92 Å². The lowest BCUT2D eigenvalue weighted by Gasteiger charge is -2.22. The molecule has 7 nitrogen and oxygen atoms in total. The first-order valence-electron chi connectivity index (χ1n) is 8.24. The zero-order chi connectivity index (χ0) is 20.1. The summed E-state index contributed by atoms with van der Waals surface area (Å²) in [7, 11) is 0. The first-order chi connectivity index (χ1) is 12.7.